The summed E-state index contributed by atoms with van der Waals surface area (Å²) in [5.74, 6) is 0.103. The minimum atomic E-state index is -0.754. The molecule has 2 spiro atoms. The van der Waals surface area contributed by atoms with Gasteiger partial charge >= 0.3 is 0 Å². The van der Waals surface area contributed by atoms with Crippen molar-refractivity contribution in [2.45, 2.75) is 147 Å². The molecule has 2 heterocycles. The van der Waals surface area contributed by atoms with Gasteiger partial charge in [0.1, 0.15) is 5.72 Å². The zero-order valence-corrected chi connectivity index (χ0v) is 20.3. The molecular formula is C25H46N2O3. The van der Waals surface area contributed by atoms with E-state index in [2.05, 4.69) is 45.0 Å². The SMILES string of the molecule is CCCON1C(C)(C)CC2(CC1(C)C)OC1(CCCCCCCCCCC1)NC2=O. The van der Waals surface area contributed by atoms with Crippen LogP contribution in [0.2, 0.25) is 0 Å². The number of nitrogens with one attached hydrogen (secondary N) is 1. The smallest absolute Gasteiger partial charge is 0.254 e. The lowest BCUT2D eigenvalue weighted by Gasteiger charge is -2.56. The average molecular weight is 423 g/mol. The molecule has 3 rings (SSSR count). The minimum Gasteiger partial charge on any atom is -0.339 e. The third-order valence-corrected chi connectivity index (χ3v) is 7.27. The summed E-state index contributed by atoms with van der Waals surface area (Å²) < 4.78 is 6.92. The van der Waals surface area contributed by atoms with Gasteiger partial charge in [-0.15, -0.1) is 0 Å². The fourth-order valence-corrected chi connectivity index (χ4v) is 6.37. The molecule has 0 radical (unpaired) electrons. The van der Waals surface area contributed by atoms with Crippen LogP contribution in [0.4, 0.5) is 0 Å². The van der Waals surface area contributed by atoms with Gasteiger partial charge in [0.15, 0.2) is 5.60 Å². The maximum atomic E-state index is 13.5. The maximum absolute atomic E-state index is 13.5. The molecule has 1 N–H and O–H groups in total. The first-order valence-corrected chi connectivity index (χ1v) is 12.6. The van der Waals surface area contributed by atoms with E-state index in [-0.39, 0.29) is 17.0 Å². The second kappa shape index (κ2) is 9.46. The van der Waals surface area contributed by atoms with E-state index >= 15 is 0 Å². The Balaban J connectivity index is 1.79. The minimum absolute atomic E-state index is 0.103. The number of nitrogens with zero attached hydrogens (tertiary/aromatic N) is 1. The van der Waals surface area contributed by atoms with Crippen molar-refractivity contribution in [3.63, 3.8) is 0 Å². The Kier molecular flexibility index (Phi) is 7.57. The highest BCUT2D eigenvalue weighted by molar-refractivity contribution is 5.88. The maximum Gasteiger partial charge on any atom is 0.254 e. The third-order valence-electron chi connectivity index (χ3n) is 7.27. The predicted octanol–water partition coefficient (Wildman–Crippen LogP) is 5.87. The number of amides is 1. The lowest BCUT2D eigenvalue weighted by molar-refractivity contribution is -0.309. The van der Waals surface area contributed by atoms with Gasteiger partial charge in [-0.05, 0) is 59.8 Å². The van der Waals surface area contributed by atoms with Crippen molar-refractivity contribution in [2.75, 3.05) is 6.61 Å². The Labute approximate surface area is 184 Å². The van der Waals surface area contributed by atoms with E-state index in [0.29, 0.717) is 19.4 Å². The molecule has 0 bridgehead atoms. The van der Waals surface area contributed by atoms with Gasteiger partial charge in [0.05, 0.1) is 6.61 Å². The second-order valence-corrected chi connectivity index (χ2v) is 11.3. The van der Waals surface area contributed by atoms with E-state index in [0.717, 1.165) is 32.1 Å². The zero-order chi connectivity index (χ0) is 21.9. The lowest BCUT2D eigenvalue weighted by Crippen LogP contribution is -2.67. The van der Waals surface area contributed by atoms with Crippen molar-refractivity contribution < 1.29 is 14.4 Å². The van der Waals surface area contributed by atoms with Crippen molar-refractivity contribution in [2.24, 2.45) is 0 Å². The van der Waals surface area contributed by atoms with Crippen molar-refractivity contribution in [1.82, 2.24) is 10.4 Å². The molecular weight excluding hydrogens is 376 g/mol. The van der Waals surface area contributed by atoms with E-state index in [1.165, 1.54) is 44.9 Å². The highest BCUT2D eigenvalue weighted by Gasteiger charge is 2.63. The number of carbonyl (C=O) groups is 1. The predicted molar refractivity (Wildman–Crippen MR) is 121 cm³/mol. The lowest BCUT2D eigenvalue weighted by atomic mass is 9.72. The monoisotopic (exact) mass is 422 g/mol. The van der Waals surface area contributed by atoms with Gasteiger partial charge in [-0.3, -0.25) is 9.63 Å². The summed E-state index contributed by atoms with van der Waals surface area (Å²) in [6.45, 7) is 11.6. The average Bonchev–Trinajstić information content (AvgIpc) is 2.87. The molecule has 1 aliphatic carbocycles. The van der Waals surface area contributed by atoms with Crippen LogP contribution in [-0.2, 0) is 14.4 Å². The molecule has 0 aromatic heterocycles. The molecule has 1 amide bonds. The zero-order valence-electron chi connectivity index (χ0n) is 20.3. The van der Waals surface area contributed by atoms with Gasteiger partial charge in [0.25, 0.3) is 5.91 Å². The van der Waals surface area contributed by atoms with Crippen LogP contribution in [0.3, 0.4) is 0 Å². The number of hydrogen-bond acceptors (Lipinski definition) is 4. The van der Waals surface area contributed by atoms with E-state index in [1.54, 1.807) is 0 Å². The Morgan fingerprint density at radius 2 is 1.33 bits per heavy atom. The second-order valence-electron chi connectivity index (χ2n) is 11.3. The molecule has 0 aromatic carbocycles. The van der Waals surface area contributed by atoms with E-state index in [1.807, 2.05) is 0 Å². The Morgan fingerprint density at radius 1 is 0.867 bits per heavy atom. The van der Waals surface area contributed by atoms with Crippen LogP contribution < -0.4 is 5.32 Å². The quantitative estimate of drug-likeness (QED) is 0.618. The Bertz CT molecular complexity index is 557. The molecule has 3 fully saturated rings. The highest BCUT2D eigenvalue weighted by Crippen LogP contribution is 2.50. The van der Waals surface area contributed by atoms with Crippen LogP contribution in [0.5, 0.6) is 0 Å². The molecule has 0 aromatic rings. The molecule has 5 heteroatoms. The summed E-state index contributed by atoms with van der Waals surface area (Å²) >= 11 is 0. The van der Waals surface area contributed by atoms with Gasteiger partial charge in [-0.1, -0.05) is 51.9 Å². The molecule has 1 saturated carbocycles. The van der Waals surface area contributed by atoms with E-state index < -0.39 is 11.3 Å². The summed E-state index contributed by atoms with van der Waals surface area (Å²) in [7, 11) is 0. The standard InChI is InChI=1S/C25H46N2O3/c1-6-18-29-27-22(2,3)19-24(20-23(27,4)5)21(28)26-25(30-24)16-14-12-10-8-7-9-11-13-15-17-25/h6-20H2,1-5H3,(H,26,28). The van der Waals surface area contributed by atoms with E-state index in [9.17, 15) is 4.79 Å². The number of ether oxygens (including phenoxy) is 1. The molecule has 30 heavy (non-hydrogen) atoms. The fraction of sp³-hybridized carbons (Fsp3) is 0.960. The molecule has 0 unspecified atom stereocenters. The summed E-state index contributed by atoms with van der Waals surface area (Å²) in [6.07, 6.45) is 15.6. The van der Waals surface area contributed by atoms with Gasteiger partial charge in [-0.2, -0.15) is 5.06 Å². The molecule has 5 nitrogen and oxygen atoms in total. The molecule has 0 atom stereocenters. The highest BCUT2D eigenvalue weighted by atomic mass is 16.7. The summed E-state index contributed by atoms with van der Waals surface area (Å²) in [5, 5.41) is 5.53. The van der Waals surface area contributed by atoms with Gasteiger partial charge in [0.2, 0.25) is 0 Å². The first kappa shape index (κ1) is 24.0. The third kappa shape index (κ3) is 5.21. The van der Waals surface area contributed by atoms with Crippen LogP contribution in [0, 0.1) is 0 Å². The van der Waals surface area contributed by atoms with Crippen LogP contribution in [0.15, 0.2) is 0 Å². The van der Waals surface area contributed by atoms with Gasteiger partial charge < -0.3 is 10.1 Å². The molecule has 2 saturated heterocycles. The topological polar surface area (TPSA) is 50.8 Å². The summed E-state index contributed by atoms with van der Waals surface area (Å²) in [5.41, 5.74) is -1.78. The first-order valence-electron chi connectivity index (χ1n) is 12.6. The van der Waals surface area contributed by atoms with Gasteiger partial charge in [-0.25, -0.2) is 0 Å². The van der Waals surface area contributed by atoms with E-state index in [4.69, 9.17) is 9.57 Å². The first-order chi connectivity index (χ1) is 14.1. The normalized spacial score (nSPS) is 29.3. The van der Waals surface area contributed by atoms with Crippen molar-refractivity contribution in [3.8, 4) is 0 Å². The van der Waals surface area contributed by atoms with Crippen LogP contribution in [0.25, 0.3) is 0 Å². The number of carbonyl (C=O) groups excluding carboxylic acids is 1. The number of hydroxylamine groups is 2. The number of hydrogen-bond donors (Lipinski definition) is 1. The molecule has 2 aliphatic heterocycles. The molecule has 174 valence electrons. The van der Waals surface area contributed by atoms with Crippen LogP contribution in [-0.4, -0.2) is 40.0 Å². The summed E-state index contributed by atoms with van der Waals surface area (Å²) in [6, 6.07) is 0. The van der Waals surface area contributed by atoms with Gasteiger partial charge in [0, 0.05) is 23.9 Å². The Morgan fingerprint density at radius 3 is 1.80 bits per heavy atom. The molecule has 3 aliphatic rings. The van der Waals surface area contributed by atoms with Crippen molar-refractivity contribution in [1.29, 1.82) is 0 Å². The van der Waals surface area contributed by atoms with Crippen LogP contribution >= 0.6 is 0 Å². The largest absolute Gasteiger partial charge is 0.339 e. The number of piperidine rings is 1. The van der Waals surface area contributed by atoms with Crippen LogP contribution in [0.1, 0.15) is 125 Å². The summed E-state index contributed by atoms with van der Waals surface area (Å²) in [4.78, 5) is 19.7. The van der Waals surface area contributed by atoms with Crippen molar-refractivity contribution in [3.05, 3.63) is 0 Å². The Hall–Kier alpha value is -0.650. The number of rotatable bonds is 3. The fourth-order valence-electron chi connectivity index (χ4n) is 6.37. The van der Waals surface area contributed by atoms with Crippen molar-refractivity contribution >= 4 is 5.91 Å².